The summed E-state index contributed by atoms with van der Waals surface area (Å²) in [5.74, 6) is -0.250. The van der Waals surface area contributed by atoms with Gasteiger partial charge >= 0.3 is 0 Å². The van der Waals surface area contributed by atoms with Crippen molar-refractivity contribution in [2.75, 3.05) is 12.3 Å². The van der Waals surface area contributed by atoms with Crippen LogP contribution in [-0.2, 0) is 10.4 Å². The van der Waals surface area contributed by atoms with Crippen LogP contribution in [0, 0.1) is 5.95 Å². The lowest BCUT2D eigenvalue weighted by Gasteiger charge is -2.34. The summed E-state index contributed by atoms with van der Waals surface area (Å²) < 4.78 is 43.1. The Morgan fingerprint density at radius 3 is 2.62 bits per heavy atom. The molecule has 7 nitrogen and oxygen atoms in total. The highest BCUT2D eigenvalue weighted by Crippen LogP contribution is 2.40. The van der Waals surface area contributed by atoms with E-state index in [2.05, 4.69) is 11.6 Å². The predicted octanol–water partition coefficient (Wildman–Crippen LogP) is 5.35. The molecule has 0 spiro atoms. The maximum atomic E-state index is 15.2. The van der Waals surface area contributed by atoms with Crippen molar-refractivity contribution in [1.29, 1.82) is 0 Å². The summed E-state index contributed by atoms with van der Waals surface area (Å²) in [5, 5.41) is 11.3. The Kier molecular flexibility index (Phi) is 6.18. The molecule has 4 heterocycles. The van der Waals surface area contributed by atoms with Crippen molar-refractivity contribution in [2.24, 2.45) is 0 Å². The van der Waals surface area contributed by atoms with Crippen LogP contribution in [-0.4, -0.2) is 42.9 Å². The molecule has 0 aliphatic carbocycles. The number of piperidine rings is 1. The van der Waals surface area contributed by atoms with Gasteiger partial charge in [-0.15, -0.1) is 0 Å². The molecular weight excluding hydrogens is 519 g/mol. The van der Waals surface area contributed by atoms with Crippen molar-refractivity contribution in [3.8, 4) is 11.3 Å². The van der Waals surface area contributed by atoms with Crippen LogP contribution in [0.3, 0.4) is 0 Å². The number of alkyl halides is 2. The summed E-state index contributed by atoms with van der Waals surface area (Å²) in [4.78, 5) is 23.2. The van der Waals surface area contributed by atoms with E-state index in [1.165, 1.54) is 22.6 Å². The molecule has 2 aliphatic rings. The van der Waals surface area contributed by atoms with Crippen molar-refractivity contribution in [3.05, 3.63) is 95.3 Å². The molecule has 0 bridgehead atoms. The highest BCUT2D eigenvalue weighted by atomic mass is 19.3. The van der Waals surface area contributed by atoms with Gasteiger partial charge in [-0.25, -0.2) is 18.7 Å². The molecule has 10 heteroatoms. The molecule has 0 saturated carbocycles. The van der Waals surface area contributed by atoms with Gasteiger partial charge in [-0.3, -0.25) is 9.20 Å². The van der Waals surface area contributed by atoms with Gasteiger partial charge in [0.15, 0.2) is 0 Å². The Morgan fingerprint density at radius 1 is 1.15 bits per heavy atom. The number of hydrogen-bond acceptors (Lipinski definition) is 5. The Balaban J connectivity index is 1.39. The number of rotatable bonds is 5. The van der Waals surface area contributed by atoms with E-state index < -0.39 is 18.0 Å². The number of aromatic nitrogens is 3. The quantitative estimate of drug-likeness (QED) is 0.329. The summed E-state index contributed by atoms with van der Waals surface area (Å²) in [6.45, 7) is 5.99. The van der Waals surface area contributed by atoms with E-state index in [1.807, 2.05) is 0 Å². The number of nitrogen functional groups attached to an aromatic ring is 1. The van der Waals surface area contributed by atoms with Gasteiger partial charge in [-0.05, 0) is 42.5 Å². The van der Waals surface area contributed by atoms with Crippen molar-refractivity contribution in [2.45, 2.75) is 50.2 Å². The molecule has 2 aromatic carbocycles. The maximum absolute atomic E-state index is 15.2. The number of nitrogens with zero attached hydrogens (tertiary/aromatic N) is 4. The maximum Gasteiger partial charge on any atom is 0.263 e. The average molecular weight is 548 g/mol. The Bertz CT molecular complexity index is 1650. The molecule has 40 heavy (non-hydrogen) atoms. The number of carbonyl (C=O) groups is 1. The lowest BCUT2D eigenvalue weighted by molar-refractivity contribution is -0.130. The third kappa shape index (κ3) is 4.14. The van der Waals surface area contributed by atoms with Crippen molar-refractivity contribution in [3.63, 3.8) is 0 Å². The molecule has 0 radical (unpaired) electrons. The second kappa shape index (κ2) is 9.48. The first-order chi connectivity index (χ1) is 19.1. The molecule has 0 unspecified atom stereocenters. The fourth-order valence-electron chi connectivity index (χ4n) is 6.00. The van der Waals surface area contributed by atoms with E-state index in [1.54, 1.807) is 42.2 Å². The molecule has 2 fully saturated rings. The zero-order chi connectivity index (χ0) is 28.3. The third-order valence-corrected chi connectivity index (χ3v) is 8.21. The van der Waals surface area contributed by atoms with Crippen molar-refractivity contribution >= 4 is 17.2 Å². The zero-order valence-electron chi connectivity index (χ0n) is 21.8. The van der Waals surface area contributed by atoms with Crippen LogP contribution < -0.4 is 5.73 Å². The first-order valence-corrected chi connectivity index (χ1v) is 13.1. The lowest BCUT2D eigenvalue weighted by atomic mass is 9.87. The minimum Gasteiger partial charge on any atom is -0.382 e. The van der Waals surface area contributed by atoms with Gasteiger partial charge in [0.05, 0.1) is 12.2 Å². The largest absolute Gasteiger partial charge is 0.382 e. The summed E-state index contributed by atoms with van der Waals surface area (Å²) in [7, 11) is 0. The molecule has 2 aromatic heterocycles. The Labute approximate surface area is 228 Å². The fourth-order valence-corrected chi connectivity index (χ4v) is 6.00. The second-order valence-corrected chi connectivity index (χ2v) is 10.7. The van der Waals surface area contributed by atoms with Crippen LogP contribution >= 0.6 is 0 Å². The second-order valence-electron chi connectivity index (χ2n) is 10.7. The van der Waals surface area contributed by atoms with Crippen molar-refractivity contribution < 1.29 is 23.1 Å². The summed E-state index contributed by atoms with van der Waals surface area (Å²) in [5.41, 5.74) is 7.59. The number of carbonyl (C=O) groups excluding carboxylic acids is 1. The van der Waals surface area contributed by atoms with Gasteiger partial charge in [-0.1, -0.05) is 49.0 Å². The van der Waals surface area contributed by atoms with E-state index in [9.17, 15) is 18.7 Å². The smallest absolute Gasteiger partial charge is 0.263 e. The van der Waals surface area contributed by atoms with E-state index in [0.717, 1.165) is 18.2 Å². The Morgan fingerprint density at radius 2 is 1.90 bits per heavy atom. The number of amides is 1. The minimum atomic E-state index is -2.65. The molecule has 3 N–H and O–H groups in total. The van der Waals surface area contributed by atoms with E-state index in [4.69, 9.17) is 10.7 Å². The number of hydrogen-bond donors (Lipinski definition) is 2. The van der Waals surface area contributed by atoms with Gasteiger partial charge in [0.2, 0.25) is 11.9 Å². The summed E-state index contributed by atoms with van der Waals surface area (Å²) in [6, 6.07) is 12.5. The lowest BCUT2D eigenvalue weighted by Crippen LogP contribution is -2.41. The number of aliphatic hydroxyl groups is 1. The molecular formula is C30H28F3N5O2. The molecule has 6 rings (SSSR count). The van der Waals surface area contributed by atoms with Crippen molar-refractivity contribution in [1.82, 2.24) is 19.3 Å². The SMILES string of the molecule is C=C1CC(=O)N2C[C@H](c3nc(-c4ccc([C@@](C)(O)c5cccc(C(F)F)c5)cc4)c4c(N)ncc(F)n34)CC[C@@H]12. The van der Waals surface area contributed by atoms with E-state index in [0.29, 0.717) is 53.1 Å². The first-order valence-electron chi connectivity index (χ1n) is 13.1. The monoisotopic (exact) mass is 547 g/mol. The molecule has 206 valence electrons. The zero-order valence-corrected chi connectivity index (χ0v) is 21.8. The molecule has 1 amide bonds. The normalized spacial score (nSPS) is 20.8. The topological polar surface area (TPSA) is 96.8 Å². The predicted molar refractivity (Wildman–Crippen MR) is 144 cm³/mol. The van der Waals surface area contributed by atoms with Gasteiger partial charge in [0, 0.05) is 30.0 Å². The van der Waals surface area contributed by atoms with Crippen LogP contribution in [0.1, 0.15) is 61.0 Å². The summed E-state index contributed by atoms with van der Waals surface area (Å²) >= 11 is 0. The minimum absolute atomic E-state index is 0.00718. The van der Waals surface area contributed by atoms with E-state index >= 15 is 4.39 Å². The molecule has 3 atom stereocenters. The van der Waals surface area contributed by atoms with Gasteiger partial charge < -0.3 is 15.7 Å². The van der Waals surface area contributed by atoms with Crippen LogP contribution in [0.25, 0.3) is 16.8 Å². The standard InChI is InChI=1S/C30H28F3N5O2/c1-16-12-24(39)37-15-19(8-11-22(16)37)29-36-25(26-28(34)35-14-23(31)38(26)29)17-6-9-20(10-7-17)30(2,40)21-5-3-4-18(13-21)27(32)33/h3-7,9-10,13-14,19,22,27,40H,1,8,11-12,15H2,2H3,(H2,34,35)/t19-,22+,30-/m1/s1. The average Bonchev–Trinajstić information content (AvgIpc) is 3.49. The molecule has 2 aliphatic heterocycles. The number of nitrogens with two attached hydrogens (primary N) is 1. The highest BCUT2D eigenvalue weighted by molar-refractivity contribution is 5.86. The van der Waals surface area contributed by atoms with Gasteiger partial charge in [-0.2, -0.15) is 4.39 Å². The number of fused-ring (bicyclic) bond motifs is 2. The number of anilines is 1. The first kappa shape index (κ1) is 26.1. The summed E-state index contributed by atoms with van der Waals surface area (Å²) in [6.07, 6.45) is 0.155. The fraction of sp³-hybridized carbons (Fsp3) is 0.300. The van der Waals surface area contributed by atoms with Crippen LogP contribution in [0.2, 0.25) is 0 Å². The van der Waals surface area contributed by atoms with Crippen LogP contribution in [0.15, 0.2) is 66.9 Å². The van der Waals surface area contributed by atoms with Crippen LogP contribution in [0.5, 0.6) is 0 Å². The molecule has 4 aromatic rings. The Hall–Kier alpha value is -4.18. The van der Waals surface area contributed by atoms with Gasteiger partial charge in [0.1, 0.15) is 28.5 Å². The van der Waals surface area contributed by atoms with Crippen LogP contribution in [0.4, 0.5) is 19.0 Å². The number of halogens is 3. The highest BCUT2D eigenvalue weighted by Gasteiger charge is 2.40. The third-order valence-electron chi connectivity index (χ3n) is 8.21. The van der Waals surface area contributed by atoms with E-state index in [-0.39, 0.29) is 29.2 Å². The number of imidazole rings is 1. The number of benzene rings is 2. The molecule has 2 saturated heterocycles. The van der Waals surface area contributed by atoms with Gasteiger partial charge in [0.25, 0.3) is 6.43 Å².